The van der Waals surface area contributed by atoms with Gasteiger partial charge >= 0.3 is 6.01 Å². The zero-order chi connectivity index (χ0) is 12.1. The van der Waals surface area contributed by atoms with Crippen LogP contribution in [0.25, 0.3) is 0 Å². The number of nitrogens with zero attached hydrogens (tertiary/aromatic N) is 2. The minimum atomic E-state index is -0.313. The molecule has 1 saturated carbocycles. The molecule has 1 fully saturated rings. The maximum Gasteiger partial charge on any atom is 0.322 e. The summed E-state index contributed by atoms with van der Waals surface area (Å²) in [5, 5.41) is 10.1. The Hall–Kier alpha value is -1.47. The summed E-state index contributed by atoms with van der Waals surface area (Å²) in [6.07, 6.45) is 2.16. The maximum absolute atomic E-state index is 11.4. The summed E-state index contributed by atoms with van der Waals surface area (Å²) in [5.74, 6) is 0.666. The van der Waals surface area contributed by atoms with Crippen molar-refractivity contribution in [1.82, 2.24) is 10.2 Å². The van der Waals surface area contributed by atoms with Crippen LogP contribution in [0.2, 0.25) is 0 Å². The Balaban J connectivity index is 1.69. The molecule has 94 valence electrons. The quantitative estimate of drug-likeness (QED) is 0.701. The first-order chi connectivity index (χ1) is 8.29. The second-order valence-electron chi connectivity index (χ2n) is 3.81. The van der Waals surface area contributed by atoms with E-state index in [1.165, 1.54) is 0 Å². The van der Waals surface area contributed by atoms with E-state index in [0.29, 0.717) is 25.0 Å². The van der Waals surface area contributed by atoms with Gasteiger partial charge in [0.25, 0.3) is 5.91 Å². The molecule has 0 aromatic carbocycles. The molecule has 0 radical (unpaired) electrons. The Morgan fingerprint density at radius 2 is 2.29 bits per heavy atom. The number of carbonyl (C=O) groups is 1. The summed E-state index contributed by atoms with van der Waals surface area (Å²) in [4.78, 5) is 11.4. The number of methoxy groups -OCH3 is 1. The Kier molecular flexibility index (Phi) is 4.05. The van der Waals surface area contributed by atoms with Crippen LogP contribution in [0.1, 0.15) is 24.7 Å². The lowest BCUT2D eigenvalue weighted by atomic mass is 10.4. The molecule has 1 aromatic rings. The Morgan fingerprint density at radius 3 is 3.00 bits per heavy atom. The molecule has 0 aliphatic heterocycles. The van der Waals surface area contributed by atoms with Crippen molar-refractivity contribution in [3.63, 3.8) is 0 Å². The van der Waals surface area contributed by atoms with Gasteiger partial charge in [0.15, 0.2) is 0 Å². The van der Waals surface area contributed by atoms with E-state index < -0.39 is 0 Å². The lowest BCUT2D eigenvalue weighted by molar-refractivity contribution is -0.121. The number of hydrogen-bond acceptors (Lipinski definition) is 6. The summed E-state index contributed by atoms with van der Waals surface area (Å²) >= 11 is 0. The average molecular weight is 241 g/mol. The van der Waals surface area contributed by atoms with Gasteiger partial charge in [-0.05, 0) is 12.8 Å². The molecule has 0 bridgehead atoms. The first kappa shape index (κ1) is 12.0. The van der Waals surface area contributed by atoms with Gasteiger partial charge in [-0.25, -0.2) is 0 Å². The molecule has 1 aromatic heterocycles. The summed E-state index contributed by atoms with van der Waals surface area (Å²) in [5.41, 5.74) is 0. The Morgan fingerprint density at radius 1 is 1.47 bits per heavy atom. The monoisotopic (exact) mass is 241 g/mol. The fourth-order valence-electron chi connectivity index (χ4n) is 1.24. The Labute approximate surface area is 98.5 Å². The van der Waals surface area contributed by atoms with Crippen molar-refractivity contribution in [3.8, 4) is 0 Å². The van der Waals surface area contributed by atoms with Gasteiger partial charge in [0.05, 0.1) is 13.2 Å². The fourth-order valence-corrected chi connectivity index (χ4v) is 1.24. The van der Waals surface area contributed by atoms with Crippen molar-refractivity contribution in [3.05, 3.63) is 5.89 Å². The van der Waals surface area contributed by atoms with Crippen molar-refractivity contribution >= 4 is 11.9 Å². The SMILES string of the molecule is COCCOCC(=O)Nc1nnc(C2CC2)o1. The van der Waals surface area contributed by atoms with Crippen LogP contribution >= 0.6 is 0 Å². The largest absolute Gasteiger partial charge is 0.408 e. The highest BCUT2D eigenvalue weighted by molar-refractivity contribution is 5.89. The number of hydrogen-bond donors (Lipinski definition) is 1. The van der Waals surface area contributed by atoms with Gasteiger partial charge in [-0.1, -0.05) is 5.10 Å². The van der Waals surface area contributed by atoms with Crippen LogP contribution in [-0.4, -0.2) is 43.0 Å². The van der Waals surface area contributed by atoms with Crippen molar-refractivity contribution in [2.45, 2.75) is 18.8 Å². The summed E-state index contributed by atoms with van der Waals surface area (Å²) in [6, 6.07) is 0.132. The highest BCUT2D eigenvalue weighted by Gasteiger charge is 2.29. The van der Waals surface area contributed by atoms with Crippen molar-refractivity contribution < 1.29 is 18.7 Å². The minimum Gasteiger partial charge on any atom is -0.408 e. The van der Waals surface area contributed by atoms with Crippen LogP contribution < -0.4 is 5.32 Å². The summed E-state index contributed by atoms with van der Waals surface area (Å²) < 4.78 is 15.1. The van der Waals surface area contributed by atoms with Gasteiger partial charge in [-0.15, -0.1) is 5.10 Å². The minimum absolute atomic E-state index is 0.0511. The molecule has 1 aliphatic carbocycles. The normalized spacial score (nSPS) is 14.9. The van der Waals surface area contributed by atoms with Gasteiger partial charge in [0, 0.05) is 13.0 Å². The second-order valence-corrected chi connectivity index (χ2v) is 3.81. The third kappa shape index (κ3) is 3.79. The molecule has 1 N–H and O–H groups in total. The van der Waals surface area contributed by atoms with Crippen LogP contribution in [0.4, 0.5) is 6.01 Å². The third-order valence-corrected chi connectivity index (χ3v) is 2.28. The zero-order valence-corrected chi connectivity index (χ0v) is 9.64. The average Bonchev–Trinajstić information content (AvgIpc) is 3.07. The van der Waals surface area contributed by atoms with Gasteiger partial charge in [0.1, 0.15) is 6.61 Å². The zero-order valence-electron chi connectivity index (χ0n) is 9.64. The molecule has 0 atom stereocenters. The first-order valence-corrected chi connectivity index (χ1v) is 5.49. The number of nitrogens with one attached hydrogen (secondary N) is 1. The highest BCUT2D eigenvalue weighted by Crippen LogP contribution is 2.39. The van der Waals surface area contributed by atoms with Crippen LogP contribution in [-0.2, 0) is 14.3 Å². The summed E-state index contributed by atoms with van der Waals surface area (Å²) in [6.45, 7) is 0.783. The van der Waals surface area contributed by atoms with Gasteiger partial charge < -0.3 is 13.9 Å². The summed E-state index contributed by atoms with van der Waals surface area (Å²) in [7, 11) is 1.57. The van der Waals surface area contributed by atoms with E-state index in [-0.39, 0.29) is 18.5 Å². The number of anilines is 1. The van der Waals surface area contributed by atoms with E-state index in [2.05, 4.69) is 15.5 Å². The number of ether oxygens (including phenoxy) is 2. The first-order valence-electron chi connectivity index (χ1n) is 5.49. The third-order valence-electron chi connectivity index (χ3n) is 2.28. The standard InChI is InChI=1S/C10H15N3O4/c1-15-4-5-16-6-8(14)11-10-13-12-9(17-10)7-2-3-7/h7H,2-6H2,1H3,(H,11,13,14). The smallest absolute Gasteiger partial charge is 0.322 e. The van der Waals surface area contributed by atoms with Crippen LogP contribution in [0.5, 0.6) is 0 Å². The molecule has 0 spiro atoms. The van der Waals surface area contributed by atoms with Crippen LogP contribution in [0.15, 0.2) is 4.42 Å². The highest BCUT2D eigenvalue weighted by atomic mass is 16.5. The number of rotatable bonds is 7. The molecule has 1 heterocycles. The molecule has 7 nitrogen and oxygen atoms in total. The molecule has 0 saturated heterocycles. The predicted octanol–water partition coefficient (Wildman–Crippen LogP) is 0.548. The number of amides is 1. The maximum atomic E-state index is 11.4. The molecular weight excluding hydrogens is 226 g/mol. The van der Waals surface area contributed by atoms with Crippen molar-refractivity contribution in [2.24, 2.45) is 0 Å². The Bertz CT molecular complexity index is 375. The number of carbonyl (C=O) groups excluding carboxylic acids is 1. The predicted molar refractivity (Wildman–Crippen MR) is 57.6 cm³/mol. The molecule has 1 aliphatic rings. The molecule has 7 heteroatoms. The van der Waals surface area contributed by atoms with Gasteiger partial charge in [0.2, 0.25) is 5.89 Å². The molecule has 2 rings (SSSR count). The van der Waals surface area contributed by atoms with Crippen molar-refractivity contribution in [2.75, 3.05) is 32.2 Å². The lowest BCUT2D eigenvalue weighted by Gasteiger charge is -2.02. The van der Waals surface area contributed by atoms with E-state index in [0.717, 1.165) is 12.8 Å². The molecule has 17 heavy (non-hydrogen) atoms. The van der Waals surface area contributed by atoms with E-state index in [9.17, 15) is 4.79 Å². The second kappa shape index (κ2) is 5.74. The van der Waals surface area contributed by atoms with Gasteiger partial charge in [-0.2, -0.15) is 0 Å². The fraction of sp³-hybridized carbons (Fsp3) is 0.700. The lowest BCUT2D eigenvalue weighted by Crippen LogP contribution is -2.19. The van der Waals surface area contributed by atoms with E-state index in [4.69, 9.17) is 13.9 Å². The van der Waals surface area contributed by atoms with Gasteiger partial charge in [-0.3, -0.25) is 10.1 Å². The molecule has 0 unspecified atom stereocenters. The van der Waals surface area contributed by atoms with Crippen molar-refractivity contribution in [1.29, 1.82) is 0 Å². The topological polar surface area (TPSA) is 86.5 Å². The van der Waals surface area contributed by atoms with E-state index >= 15 is 0 Å². The van der Waals surface area contributed by atoms with E-state index in [1.54, 1.807) is 7.11 Å². The van der Waals surface area contributed by atoms with Crippen LogP contribution in [0, 0.1) is 0 Å². The van der Waals surface area contributed by atoms with Crippen LogP contribution in [0.3, 0.4) is 0 Å². The molecule has 1 amide bonds. The number of aromatic nitrogens is 2. The van der Waals surface area contributed by atoms with E-state index in [1.807, 2.05) is 0 Å². The molecular formula is C10H15N3O4.